The Balaban J connectivity index is 4.83. The van der Waals surface area contributed by atoms with Crippen molar-refractivity contribution in [2.75, 3.05) is 21.1 Å². The molecule has 0 aliphatic carbocycles. The number of carboxylic acids is 1. The first-order chi connectivity index (χ1) is 5.80. The molecule has 0 radical (unpaired) electrons. The summed E-state index contributed by atoms with van der Waals surface area (Å²) in [6, 6.07) is -1.02. The standard InChI is InChI=1S/C9H15NO3/c1-5-6-7(11)8(9(12)13)10(2,3)4/h5-6,8H,1-4H3/p+1/b6-5+. The molecule has 0 amide bonds. The minimum atomic E-state index is -1.09. The van der Waals surface area contributed by atoms with E-state index >= 15 is 0 Å². The van der Waals surface area contributed by atoms with Crippen molar-refractivity contribution < 1.29 is 19.2 Å². The van der Waals surface area contributed by atoms with Gasteiger partial charge >= 0.3 is 5.97 Å². The first kappa shape index (κ1) is 11.8. The van der Waals surface area contributed by atoms with Crippen LogP contribution in [0.1, 0.15) is 6.92 Å². The number of hydrogen-bond acceptors (Lipinski definition) is 2. The minimum Gasteiger partial charge on any atom is -0.476 e. The van der Waals surface area contributed by atoms with Gasteiger partial charge in [-0.25, -0.2) is 4.79 Å². The van der Waals surface area contributed by atoms with E-state index in [0.717, 1.165) is 0 Å². The van der Waals surface area contributed by atoms with E-state index in [1.807, 2.05) is 0 Å². The number of aliphatic carboxylic acids is 1. The number of carbonyl (C=O) groups excluding carboxylic acids is 1. The normalized spacial score (nSPS) is 14.5. The summed E-state index contributed by atoms with van der Waals surface area (Å²) in [6.07, 6.45) is 2.84. The van der Waals surface area contributed by atoms with Crippen LogP contribution in [0, 0.1) is 0 Å². The second-order valence-corrected chi connectivity index (χ2v) is 3.76. The van der Waals surface area contributed by atoms with E-state index in [0.29, 0.717) is 0 Å². The first-order valence-corrected chi connectivity index (χ1v) is 4.01. The number of nitrogens with zero attached hydrogens (tertiary/aromatic N) is 1. The smallest absolute Gasteiger partial charge is 0.371 e. The Kier molecular flexibility index (Phi) is 3.81. The molecule has 0 fully saturated rings. The number of carboxylic acid groups (broad SMARTS) is 1. The third-order valence-corrected chi connectivity index (χ3v) is 1.61. The highest BCUT2D eigenvalue weighted by Gasteiger charge is 2.36. The number of ketones is 1. The summed E-state index contributed by atoms with van der Waals surface area (Å²) in [6.45, 7) is 1.69. The molecular weight excluding hydrogens is 170 g/mol. The second kappa shape index (κ2) is 4.18. The number of rotatable bonds is 4. The molecule has 0 aromatic rings. The number of hydrogen-bond donors (Lipinski definition) is 1. The molecule has 1 unspecified atom stereocenters. The Morgan fingerprint density at radius 3 is 2.00 bits per heavy atom. The van der Waals surface area contributed by atoms with E-state index in [4.69, 9.17) is 5.11 Å². The molecule has 0 aromatic heterocycles. The molecule has 0 aromatic carbocycles. The van der Waals surface area contributed by atoms with Gasteiger partial charge in [0.05, 0.1) is 21.1 Å². The lowest BCUT2D eigenvalue weighted by atomic mass is 10.1. The quantitative estimate of drug-likeness (QED) is 0.390. The summed E-state index contributed by atoms with van der Waals surface area (Å²) in [7, 11) is 5.04. The third-order valence-electron chi connectivity index (χ3n) is 1.61. The van der Waals surface area contributed by atoms with E-state index in [1.165, 1.54) is 6.08 Å². The Hall–Kier alpha value is -1.16. The van der Waals surface area contributed by atoms with Crippen LogP contribution in [0.15, 0.2) is 12.2 Å². The van der Waals surface area contributed by atoms with E-state index < -0.39 is 12.0 Å². The molecule has 13 heavy (non-hydrogen) atoms. The Bertz CT molecular complexity index is 238. The van der Waals surface area contributed by atoms with Crippen molar-refractivity contribution in [2.45, 2.75) is 13.0 Å². The fraction of sp³-hybridized carbons (Fsp3) is 0.556. The maximum absolute atomic E-state index is 11.3. The molecule has 0 heterocycles. The molecular formula is C9H16NO3+. The zero-order valence-corrected chi connectivity index (χ0v) is 8.44. The molecule has 1 N–H and O–H groups in total. The summed E-state index contributed by atoms with van der Waals surface area (Å²) in [5, 5.41) is 8.84. The van der Waals surface area contributed by atoms with Gasteiger partial charge in [0.25, 0.3) is 0 Å². The van der Waals surface area contributed by atoms with Crippen LogP contribution in [0.25, 0.3) is 0 Å². The van der Waals surface area contributed by atoms with Gasteiger partial charge < -0.3 is 9.59 Å². The lowest BCUT2D eigenvalue weighted by Gasteiger charge is -2.28. The topological polar surface area (TPSA) is 54.4 Å². The number of likely N-dealkylation sites (N-methyl/N-ethyl adjacent to an activating group) is 1. The highest BCUT2D eigenvalue weighted by molar-refractivity contribution is 6.06. The Morgan fingerprint density at radius 2 is 1.77 bits per heavy atom. The average molecular weight is 186 g/mol. The summed E-state index contributed by atoms with van der Waals surface area (Å²) >= 11 is 0. The second-order valence-electron chi connectivity index (χ2n) is 3.76. The summed E-state index contributed by atoms with van der Waals surface area (Å²) in [5.74, 6) is -1.46. The van der Waals surface area contributed by atoms with Gasteiger partial charge in [0.2, 0.25) is 11.8 Å². The third kappa shape index (κ3) is 3.38. The van der Waals surface area contributed by atoms with Crippen molar-refractivity contribution in [1.82, 2.24) is 0 Å². The molecule has 4 heteroatoms. The van der Waals surface area contributed by atoms with Gasteiger partial charge in [-0.1, -0.05) is 6.08 Å². The zero-order chi connectivity index (χ0) is 10.6. The predicted molar refractivity (Wildman–Crippen MR) is 49.3 cm³/mol. The average Bonchev–Trinajstić information content (AvgIpc) is 1.82. The molecule has 0 aliphatic heterocycles. The van der Waals surface area contributed by atoms with Gasteiger partial charge in [-0.2, -0.15) is 0 Å². The molecule has 0 bridgehead atoms. The van der Waals surface area contributed by atoms with Gasteiger partial charge in [-0.15, -0.1) is 0 Å². The van der Waals surface area contributed by atoms with Crippen LogP contribution in [0.2, 0.25) is 0 Å². The van der Waals surface area contributed by atoms with Crippen molar-refractivity contribution >= 4 is 11.8 Å². The van der Waals surface area contributed by atoms with Gasteiger partial charge in [-0.05, 0) is 13.0 Å². The van der Waals surface area contributed by atoms with Gasteiger partial charge in [0.15, 0.2) is 0 Å². The van der Waals surface area contributed by atoms with Crippen LogP contribution in [-0.4, -0.2) is 48.5 Å². The van der Waals surface area contributed by atoms with Crippen molar-refractivity contribution in [3.8, 4) is 0 Å². The minimum absolute atomic E-state index is 0.0957. The van der Waals surface area contributed by atoms with Crippen molar-refractivity contribution in [1.29, 1.82) is 0 Å². The maximum atomic E-state index is 11.3. The fourth-order valence-corrected chi connectivity index (χ4v) is 1.09. The predicted octanol–water partition coefficient (Wildman–Crippen LogP) is 0.291. The molecule has 0 rings (SSSR count). The van der Waals surface area contributed by atoms with E-state index in [2.05, 4.69) is 0 Å². The lowest BCUT2D eigenvalue weighted by molar-refractivity contribution is -0.877. The lowest BCUT2D eigenvalue weighted by Crippen LogP contribution is -2.53. The maximum Gasteiger partial charge on any atom is 0.371 e. The molecule has 0 saturated heterocycles. The van der Waals surface area contributed by atoms with E-state index in [1.54, 1.807) is 34.1 Å². The van der Waals surface area contributed by atoms with Gasteiger partial charge in [0.1, 0.15) is 0 Å². The molecule has 0 aliphatic rings. The summed E-state index contributed by atoms with van der Waals surface area (Å²) in [5.41, 5.74) is 0. The fourth-order valence-electron chi connectivity index (χ4n) is 1.09. The largest absolute Gasteiger partial charge is 0.476 e. The van der Waals surface area contributed by atoms with E-state index in [9.17, 15) is 9.59 Å². The molecule has 4 nitrogen and oxygen atoms in total. The van der Waals surface area contributed by atoms with Gasteiger partial charge in [0, 0.05) is 0 Å². The van der Waals surface area contributed by atoms with Crippen LogP contribution in [-0.2, 0) is 9.59 Å². The number of allylic oxidation sites excluding steroid dienone is 1. The van der Waals surface area contributed by atoms with Crippen LogP contribution in [0.4, 0.5) is 0 Å². The molecule has 74 valence electrons. The highest BCUT2D eigenvalue weighted by Crippen LogP contribution is 2.05. The van der Waals surface area contributed by atoms with Crippen LogP contribution < -0.4 is 0 Å². The summed E-state index contributed by atoms with van der Waals surface area (Å²) in [4.78, 5) is 22.1. The monoisotopic (exact) mass is 186 g/mol. The first-order valence-electron chi connectivity index (χ1n) is 4.01. The van der Waals surface area contributed by atoms with Crippen molar-refractivity contribution in [3.05, 3.63) is 12.2 Å². The molecule has 0 spiro atoms. The number of quaternary nitrogens is 1. The van der Waals surface area contributed by atoms with Crippen LogP contribution in [0.5, 0.6) is 0 Å². The van der Waals surface area contributed by atoms with Crippen molar-refractivity contribution in [2.24, 2.45) is 0 Å². The highest BCUT2D eigenvalue weighted by atomic mass is 16.4. The summed E-state index contributed by atoms with van der Waals surface area (Å²) < 4.78 is 0.0957. The van der Waals surface area contributed by atoms with E-state index in [-0.39, 0.29) is 10.3 Å². The Morgan fingerprint density at radius 1 is 1.31 bits per heavy atom. The number of carbonyl (C=O) groups is 2. The Labute approximate surface area is 78.1 Å². The molecule has 0 saturated carbocycles. The molecule has 1 atom stereocenters. The SMILES string of the molecule is C/C=C/C(=O)C(C(=O)O)[N+](C)(C)C. The van der Waals surface area contributed by atoms with Gasteiger partial charge in [-0.3, -0.25) is 4.79 Å². The van der Waals surface area contributed by atoms with Crippen molar-refractivity contribution in [3.63, 3.8) is 0 Å². The van der Waals surface area contributed by atoms with Crippen LogP contribution >= 0.6 is 0 Å². The van der Waals surface area contributed by atoms with Crippen LogP contribution in [0.3, 0.4) is 0 Å². The zero-order valence-electron chi connectivity index (χ0n) is 8.44.